The summed E-state index contributed by atoms with van der Waals surface area (Å²) in [5, 5.41) is 20.0. The SMILES string of the molecule is CC(C)C1NC(=O)CNC(=O)c2csc(n2)C(C(C)(C)O)OC(=O)C(C)(C)C(CCCC(C)(Cl)Cl)OC(=O)c2csc1n2. The molecular weight excluding hydrogens is 639 g/mol. The lowest BCUT2D eigenvalue weighted by Gasteiger charge is -2.35. The number of thiazole rings is 2. The predicted octanol–water partition coefficient (Wildman–Crippen LogP) is 5.13. The number of halogens is 2. The molecule has 238 valence electrons. The molecule has 0 fully saturated rings. The van der Waals surface area contributed by atoms with Crippen LogP contribution in [0.2, 0.25) is 0 Å². The van der Waals surface area contributed by atoms with Crippen LogP contribution >= 0.6 is 45.9 Å². The fourth-order valence-electron chi connectivity index (χ4n) is 4.27. The first kappa shape index (κ1) is 35.2. The second kappa shape index (κ2) is 13.8. The minimum Gasteiger partial charge on any atom is -0.456 e. The highest BCUT2D eigenvalue weighted by Gasteiger charge is 2.45. The zero-order chi connectivity index (χ0) is 32.3. The van der Waals surface area contributed by atoms with Gasteiger partial charge in [0.1, 0.15) is 31.7 Å². The molecule has 0 radical (unpaired) electrons. The molecular formula is C28H38Cl2N4O7S2. The van der Waals surface area contributed by atoms with E-state index >= 15 is 0 Å². The Hall–Kier alpha value is -2.32. The quantitative estimate of drug-likeness (QED) is 0.279. The first-order valence-corrected chi connectivity index (χ1v) is 16.3. The Bertz CT molecular complexity index is 1330. The number of nitrogens with zero attached hydrogens (tertiary/aromatic N) is 2. The largest absolute Gasteiger partial charge is 0.456 e. The van der Waals surface area contributed by atoms with E-state index in [1.54, 1.807) is 20.8 Å². The Morgan fingerprint density at radius 3 is 2.26 bits per heavy atom. The Balaban J connectivity index is 2.06. The second-order valence-corrected chi connectivity index (χ2v) is 15.8. The zero-order valence-corrected chi connectivity index (χ0v) is 28.3. The van der Waals surface area contributed by atoms with Gasteiger partial charge in [-0.15, -0.1) is 45.9 Å². The molecule has 15 heteroatoms. The van der Waals surface area contributed by atoms with Gasteiger partial charge in [-0.2, -0.15) is 0 Å². The third kappa shape index (κ3) is 9.34. The van der Waals surface area contributed by atoms with Crippen molar-refractivity contribution >= 4 is 69.6 Å². The van der Waals surface area contributed by atoms with Gasteiger partial charge >= 0.3 is 11.9 Å². The highest BCUT2D eigenvalue weighted by Crippen LogP contribution is 2.38. The van der Waals surface area contributed by atoms with Crippen molar-refractivity contribution in [1.29, 1.82) is 0 Å². The molecule has 0 saturated carbocycles. The van der Waals surface area contributed by atoms with Crippen LogP contribution in [0, 0.1) is 11.3 Å². The van der Waals surface area contributed by atoms with Crippen molar-refractivity contribution in [3.8, 4) is 0 Å². The van der Waals surface area contributed by atoms with Crippen molar-refractivity contribution in [3.05, 3.63) is 32.2 Å². The average molecular weight is 678 g/mol. The molecule has 3 atom stereocenters. The van der Waals surface area contributed by atoms with Crippen molar-refractivity contribution < 1.29 is 33.8 Å². The Morgan fingerprint density at radius 2 is 1.65 bits per heavy atom. The maximum atomic E-state index is 13.7. The highest BCUT2D eigenvalue weighted by atomic mass is 35.5. The molecule has 3 heterocycles. The highest BCUT2D eigenvalue weighted by molar-refractivity contribution is 7.10. The predicted molar refractivity (Wildman–Crippen MR) is 164 cm³/mol. The van der Waals surface area contributed by atoms with Crippen molar-refractivity contribution in [1.82, 2.24) is 20.6 Å². The molecule has 2 amide bonds. The Labute approximate surface area is 269 Å². The maximum Gasteiger partial charge on any atom is 0.358 e. The molecule has 0 aliphatic carbocycles. The van der Waals surface area contributed by atoms with Crippen LogP contribution in [0.4, 0.5) is 0 Å². The van der Waals surface area contributed by atoms with Gasteiger partial charge in [-0.3, -0.25) is 14.4 Å². The number of ether oxygens (including phenoxy) is 2. The number of esters is 2. The monoisotopic (exact) mass is 676 g/mol. The molecule has 0 saturated heterocycles. The molecule has 0 aromatic carbocycles. The third-order valence-corrected chi connectivity index (χ3v) is 9.09. The van der Waals surface area contributed by atoms with E-state index in [1.807, 2.05) is 13.8 Å². The number of amides is 2. The first-order chi connectivity index (χ1) is 19.8. The van der Waals surface area contributed by atoms with E-state index < -0.39 is 57.4 Å². The summed E-state index contributed by atoms with van der Waals surface area (Å²) in [7, 11) is 0. The van der Waals surface area contributed by atoms with E-state index in [-0.39, 0.29) is 35.3 Å². The number of carbonyl (C=O) groups excluding carboxylic acids is 4. The number of carbonyl (C=O) groups is 4. The summed E-state index contributed by atoms with van der Waals surface area (Å²) in [5.74, 6) is -2.68. The van der Waals surface area contributed by atoms with Gasteiger partial charge < -0.3 is 25.2 Å². The van der Waals surface area contributed by atoms with Crippen LogP contribution in [0.25, 0.3) is 0 Å². The van der Waals surface area contributed by atoms with Gasteiger partial charge in [0.05, 0.1) is 18.0 Å². The van der Waals surface area contributed by atoms with Gasteiger partial charge in [0.25, 0.3) is 5.91 Å². The van der Waals surface area contributed by atoms with Crippen LogP contribution in [-0.4, -0.2) is 61.4 Å². The molecule has 1 aliphatic rings. The lowest BCUT2D eigenvalue weighted by Crippen LogP contribution is -2.44. The number of cyclic esters (lactones) is 2. The number of aliphatic hydroxyl groups is 1. The Kier molecular flexibility index (Phi) is 11.3. The van der Waals surface area contributed by atoms with Gasteiger partial charge in [0.2, 0.25) is 5.91 Å². The smallest absolute Gasteiger partial charge is 0.358 e. The summed E-state index contributed by atoms with van der Waals surface area (Å²) in [6, 6.07) is -0.538. The fourth-order valence-corrected chi connectivity index (χ4v) is 6.55. The molecule has 3 N–H and O–H groups in total. The fraction of sp³-hybridized carbons (Fsp3) is 0.643. The lowest BCUT2D eigenvalue weighted by atomic mass is 9.83. The average Bonchev–Trinajstić information content (AvgIpc) is 3.56. The summed E-state index contributed by atoms with van der Waals surface area (Å²) in [5.41, 5.74) is -2.98. The van der Waals surface area contributed by atoms with Crippen molar-refractivity contribution in [3.63, 3.8) is 0 Å². The van der Waals surface area contributed by atoms with E-state index in [9.17, 15) is 24.3 Å². The van der Waals surface area contributed by atoms with E-state index in [4.69, 9.17) is 32.7 Å². The molecule has 4 bridgehead atoms. The van der Waals surface area contributed by atoms with Crippen LogP contribution in [-0.2, 0) is 19.1 Å². The van der Waals surface area contributed by atoms with Crippen molar-refractivity contribution in [2.75, 3.05) is 6.54 Å². The van der Waals surface area contributed by atoms with Crippen LogP contribution < -0.4 is 10.6 Å². The summed E-state index contributed by atoms with van der Waals surface area (Å²) < 4.78 is 10.7. The van der Waals surface area contributed by atoms with E-state index in [0.29, 0.717) is 17.8 Å². The second-order valence-electron chi connectivity index (χ2n) is 12.1. The molecule has 11 nitrogen and oxygen atoms in total. The van der Waals surface area contributed by atoms with Crippen molar-refractivity contribution in [2.45, 2.75) is 95.9 Å². The minimum atomic E-state index is -1.59. The number of hydrogen-bond donors (Lipinski definition) is 3. The van der Waals surface area contributed by atoms with E-state index in [1.165, 1.54) is 35.9 Å². The molecule has 0 spiro atoms. The van der Waals surface area contributed by atoms with E-state index in [2.05, 4.69) is 20.6 Å². The summed E-state index contributed by atoms with van der Waals surface area (Å²) in [6.07, 6.45) is -1.24. The number of hydrogen-bond acceptors (Lipinski definition) is 11. The first-order valence-electron chi connectivity index (χ1n) is 13.8. The molecule has 3 unspecified atom stereocenters. The van der Waals surface area contributed by atoms with Crippen LogP contribution in [0.1, 0.15) is 111 Å². The molecule has 2 aromatic rings. The minimum absolute atomic E-state index is 0.00254. The summed E-state index contributed by atoms with van der Waals surface area (Å²) in [4.78, 5) is 61.4. The number of fused-ring (bicyclic) bond motifs is 4. The van der Waals surface area contributed by atoms with Gasteiger partial charge in [-0.25, -0.2) is 14.8 Å². The third-order valence-electron chi connectivity index (χ3n) is 6.90. The van der Waals surface area contributed by atoms with Gasteiger partial charge in [0.15, 0.2) is 11.8 Å². The molecule has 3 rings (SSSR count). The number of alkyl halides is 2. The molecule has 2 aromatic heterocycles. The van der Waals surface area contributed by atoms with Gasteiger partial charge in [-0.05, 0) is 59.8 Å². The van der Waals surface area contributed by atoms with E-state index in [0.717, 1.165) is 11.3 Å². The molecule has 43 heavy (non-hydrogen) atoms. The standard InChI is InChI=1S/C28H38Cl2N4O7S2/c1-14(2)19-22-33-16(13-42-22)24(37)40-17(9-8-10-28(7,29)30)26(3,4)25(38)41-20(27(5,6)39)23-32-15(12-43-23)21(36)31-11-18(35)34-19/h12-14,17,19-20,39H,8-11H2,1-7H3,(H,31,36)(H,34,35). The Morgan fingerprint density at radius 1 is 1.05 bits per heavy atom. The maximum absolute atomic E-state index is 13.7. The van der Waals surface area contributed by atoms with Gasteiger partial charge in [-0.1, -0.05) is 13.8 Å². The number of nitrogens with one attached hydrogen (secondary N) is 2. The topological polar surface area (TPSA) is 157 Å². The molecule has 1 aliphatic heterocycles. The van der Waals surface area contributed by atoms with Crippen molar-refractivity contribution in [2.24, 2.45) is 11.3 Å². The van der Waals surface area contributed by atoms with Crippen LogP contribution in [0.5, 0.6) is 0 Å². The number of rotatable bonds is 6. The summed E-state index contributed by atoms with van der Waals surface area (Å²) >= 11 is 14.5. The lowest BCUT2D eigenvalue weighted by molar-refractivity contribution is -0.179. The normalized spacial score (nSPS) is 22.5. The zero-order valence-electron chi connectivity index (χ0n) is 25.2. The summed E-state index contributed by atoms with van der Waals surface area (Å²) in [6.45, 7) is 11.1. The van der Waals surface area contributed by atoms with Crippen LogP contribution in [0.15, 0.2) is 10.8 Å². The van der Waals surface area contributed by atoms with Crippen LogP contribution in [0.3, 0.4) is 0 Å². The van der Waals surface area contributed by atoms with Gasteiger partial charge in [0, 0.05) is 10.8 Å². The number of aromatic nitrogens is 2.